The number of rotatable bonds is 1. The van der Waals surface area contributed by atoms with Crippen molar-refractivity contribution in [1.29, 1.82) is 0 Å². The summed E-state index contributed by atoms with van der Waals surface area (Å²) in [4.78, 5) is 12.0. The fraction of sp³-hybridized carbons (Fsp3) is 0.533. The van der Waals surface area contributed by atoms with Gasteiger partial charge in [0.1, 0.15) is 0 Å². The molecule has 0 aromatic heterocycles. The molecular weight excluding hydrogens is 275 g/mol. The SMILES string of the molecule is O=C1NC2CC(C3CCOCC3)(N1)Oc1c(F)cccc12. The number of amides is 2. The van der Waals surface area contributed by atoms with Gasteiger partial charge in [0.25, 0.3) is 0 Å². The number of hydrogen-bond acceptors (Lipinski definition) is 3. The second-order valence-corrected chi connectivity index (χ2v) is 5.89. The first-order chi connectivity index (χ1) is 10.2. The average molecular weight is 292 g/mol. The number of nitrogens with one attached hydrogen (secondary N) is 2. The number of ether oxygens (including phenoxy) is 2. The van der Waals surface area contributed by atoms with E-state index < -0.39 is 5.72 Å². The molecule has 1 aromatic rings. The van der Waals surface area contributed by atoms with Crippen molar-refractivity contribution in [2.45, 2.75) is 31.0 Å². The zero-order valence-electron chi connectivity index (χ0n) is 11.5. The van der Waals surface area contributed by atoms with Gasteiger partial charge in [-0.2, -0.15) is 0 Å². The van der Waals surface area contributed by atoms with Crippen LogP contribution < -0.4 is 15.4 Å². The first-order valence-corrected chi connectivity index (χ1v) is 7.32. The lowest BCUT2D eigenvalue weighted by Crippen LogP contribution is -2.68. The Hall–Kier alpha value is -1.82. The Morgan fingerprint density at radius 2 is 2.10 bits per heavy atom. The smallest absolute Gasteiger partial charge is 0.318 e. The lowest BCUT2D eigenvalue weighted by Gasteiger charge is -2.50. The van der Waals surface area contributed by atoms with Crippen LogP contribution in [0.4, 0.5) is 9.18 Å². The van der Waals surface area contributed by atoms with Crippen LogP contribution >= 0.6 is 0 Å². The summed E-state index contributed by atoms with van der Waals surface area (Å²) in [6, 6.07) is 4.38. The number of benzene rings is 1. The molecule has 2 amide bonds. The highest BCUT2D eigenvalue weighted by Gasteiger charge is 2.52. The summed E-state index contributed by atoms with van der Waals surface area (Å²) < 4.78 is 25.5. The summed E-state index contributed by atoms with van der Waals surface area (Å²) in [6.07, 6.45) is 2.22. The van der Waals surface area contributed by atoms with Crippen LogP contribution in [0.25, 0.3) is 0 Å². The first-order valence-electron chi connectivity index (χ1n) is 7.32. The van der Waals surface area contributed by atoms with E-state index in [1.165, 1.54) is 6.07 Å². The van der Waals surface area contributed by atoms with Crippen LogP contribution in [0.1, 0.15) is 30.9 Å². The van der Waals surface area contributed by atoms with E-state index in [4.69, 9.17) is 9.47 Å². The molecule has 3 aliphatic rings. The van der Waals surface area contributed by atoms with E-state index >= 15 is 0 Å². The topological polar surface area (TPSA) is 59.6 Å². The number of halogens is 1. The van der Waals surface area contributed by atoms with E-state index in [-0.39, 0.29) is 29.6 Å². The molecule has 5 nitrogen and oxygen atoms in total. The molecule has 6 heteroatoms. The maximum atomic E-state index is 14.1. The molecule has 2 bridgehead atoms. The number of fused-ring (bicyclic) bond motifs is 4. The molecule has 21 heavy (non-hydrogen) atoms. The van der Waals surface area contributed by atoms with Gasteiger partial charge >= 0.3 is 6.03 Å². The van der Waals surface area contributed by atoms with Crippen molar-refractivity contribution >= 4 is 6.03 Å². The molecule has 0 aliphatic carbocycles. The molecule has 3 aliphatic heterocycles. The van der Waals surface area contributed by atoms with Crippen LogP contribution in [-0.2, 0) is 4.74 Å². The summed E-state index contributed by atoms with van der Waals surface area (Å²) in [6.45, 7) is 1.29. The van der Waals surface area contributed by atoms with E-state index in [0.29, 0.717) is 25.2 Å². The third-order valence-corrected chi connectivity index (χ3v) is 4.68. The van der Waals surface area contributed by atoms with Crippen LogP contribution in [0.15, 0.2) is 18.2 Å². The highest BCUT2D eigenvalue weighted by atomic mass is 19.1. The molecule has 2 unspecified atom stereocenters. The molecule has 2 saturated heterocycles. The molecule has 4 rings (SSSR count). The summed E-state index contributed by atoms with van der Waals surface area (Å²) in [7, 11) is 0. The maximum absolute atomic E-state index is 14.1. The Morgan fingerprint density at radius 1 is 1.29 bits per heavy atom. The Kier molecular flexibility index (Phi) is 2.82. The highest BCUT2D eigenvalue weighted by Crippen LogP contribution is 2.46. The molecule has 2 atom stereocenters. The predicted octanol–water partition coefficient (Wildman–Crippen LogP) is 2.08. The van der Waals surface area contributed by atoms with Gasteiger partial charge in [-0.15, -0.1) is 0 Å². The van der Waals surface area contributed by atoms with E-state index in [9.17, 15) is 9.18 Å². The summed E-state index contributed by atoms with van der Waals surface area (Å²) in [5.74, 6) is 0.00637. The van der Waals surface area contributed by atoms with Crippen molar-refractivity contribution in [3.8, 4) is 5.75 Å². The zero-order chi connectivity index (χ0) is 14.4. The van der Waals surface area contributed by atoms with Crippen molar-refractivity contribution in [3.63, 3.8) is 0 Å². The Balaban J connectivity index is 1.77. The average Bonchev–Trinajstić information content (AvgIpc) is 2.49. The summed E-state index contributed by atoms with van der Waals surface area (Å²) in [5.41, 5.74) is -0.112. The van der Waals surface area contributed by atoms with Gasteiger partial charge in [0.05, 0.1) is 6.04 Å². The van der Waals surface area contributed by atoms with E-state index in [2.05, 4.69) is 10.6 Å². The van der Waals surface area contributed by atoms with Crippen molar-refractivity contribution in [2.24, 2.45) is 5.92 Å². The number of carbonyl (C=O) groups is 1. The quantitative estimate of drug-likeness (QED) is 0.833. The van der Waals surface area contributed by atoms with Crippen LogP contribution in [-0.4, -0.2) is 25.0 Å². The normalized spacial score (nSPS) is 31.7. The van der Waals surface area contributed by atoms with E-state index in [1.807, 2.05) is 6.07 Å². The third-order valence-electron chi connectivity index (χ3n) is 4.68. The Morgan fingerprint density at radius 3 is 2.90 bits per heavy atom. The molecule has 0 saturated carbocycles. The Bertz CT molecular complexity index is 588. The number of urea groups is 1. The summed E-state index contributed by atoms with van der Waals surface area (Å²) in [5, 5.41) is 5.77. The van der Waals surface area contributed by atoms with Gasteiger partial charge in [-0.25, -0.2) is 9.18 Å². The Labute approximate surface area is 121 Å². The second kappa shape index (κ2) is 4.59. The van der Waals surface area contributed by atoms with Crippen LogP contribution in [0.2, 0.25) is 0 Å². The van der Waals surface area contributed by atoms with Gasteiger partial charge in [0.2, 0.25) is 0 Å². The first kappa shape index (κ1) is 12.9. The maximum Gasteiger partial charge on any atom is 0.318 e. The van der Waals surface area contributed by atoms with Crippen molar-refractivity contribution in [2.75, 3.05) is 13.2 Å². The lowest BCUT2D eigenvalue weighted by molar-refractivity contribution is -0.0898. The number of hydrogen-bond donors (Lipinski definition) is 2. The molecular formula is C15H17FN2O3. The zero-order valence-corrected chi connectivity index (χ0v) is 11.5. The van der Waals surface area contributed by atoms with Crippen LogP contribution in [0.5, 0.6) is 5.75 Å². The van der Waals surface area contributed by atoms with Crippen LogP contribution in [0, 0.1) is 11.7 Å². The second-order valence-electron chi connectivity index (χ2n) is 5.89. The fourth-order valence-electron chi connectivity index (χ4n) is 3.65. The van der Waals surface area contributed by atoms with Gasteiger partial charge in [0.15, 0.2) is 17.3 Å². The van der Waals surface area contributed by atoms with Gasteiger partial charge < -0.3 is 14.8 Å². The number of para-hydroxylation sites is 1. The van der Waals surface area contributed by atoms with Gasteiger partial charge in [-0.05, 0) is 18.9 Å². The molecule has 2 fully saturated rings. The van der Waals surface area contributed by atoms with Gasteiger partial charge in [-0.1, -0.05) is 12.1 Å². The highest BCUT2D eigenvalue weighted by molar-refractivity contribution is 5.77. The van der Waals surface area contributed by atoms with Crippen molar-refractivity contribution in [1.82, 2.24) is 10.6 Å². The molecule has 0 radical (unpaired) electrons. The van der Waals surface area contributed by atoms with E-state index in [1.54, 1.807) is 6.07 Å². The third kappa shape index (κ3) is 1.97. The minimum absolute atomic E-state index is 0.132. The van der Waals surface area contributed by atoms with Gasteiger partial charge in [-0.3, -0.25) is 5.32 Å². The molecule has 2 N–H and O–H groups in total. The lowest BCUT2D eigenvalue weighted by atomic mass is 9.79. The standard InChI is InChI=1S/C15H17FN2O3/c16-11-3-1-2-10-12-8-15(21-13(10)11,18-14(19)17-12)9-4-6-20-7-5-9/h1-3,9,12H,4-8H2,(H2,17,18,19). The minimum Gasteiger partial charge on any atom is -0.464 e. The molecule has 1 aromatic carbocycles. The molecule has 112 valence electrons. The van der Waals surface area contributed by atoms with Crippen LogP contribution in [0.3, 0.4) is 0 Å². The van der Waals surface area contributed by atoms with Crippen molar-refractivity contribution < 1.29 is 18.7 Å². The van der Waals surface area contributed by atoms with Gasteiger partial charge in [0, 0.05) is 31.1 Å². The molecule has 3 heterocycles. The largest absolute Gasteiger partial charge is 0.464 e. The van der Waals surface area contributed by atoms with Crippen molar-refractivity contribution in [3.05, 3.63) is 29.6 Å². The number of carbonyl (C=O) groups excluding carboxylic acids is 1. The monoisotopic (exact) mass is 292 g/mol. The van der Waals surface area contributed by atoms with E-state index in [0.717, 1.165) is 12.8 Å². The predicted molar refractivity (Wildman–Crippen MR) is 72.3 cm³/mol. The summed E-state index contributed by atoms with van der Waals surface area (Å²) >= 11 is 0. The fourth-order valence-corrected chi connectivity index (χ4v) is 3.65. The molecule has 0 spiro atoms. The minimum atomic E-state index is -0.827.